The Morgan fingerprint density at radius 3 is 2.43 bits per heavy atom. The van der Waals surface area contributed by atoms with Gasteiger partial charge in [0.05, 0.1) is 20.3 Å². The lowest BCUT2D eigenvalue weighted by atomic mass is 9.91. The molecule has 1 atom stereocenters. The third-order valence-corrected chi connectivity index (χ3v) is 5.28. The fraction of sp³-hybridized carbons (Fsp3) is 0.391. The Balaban J connectivity index is 1.89. The highest BCUT2D eigenvalue weighted by molar-refractivity contribution is 5.94. The Morgan fingerprint density at radius 1 is 1.07 bits per heavy atom. The SMILES string of the molecule is CCCNC(=O)N1CCc2cc(OC)c(OC)cc2[C@@H]1CNC(=O)c1ccccc1. The van der Waals surface area contributed by atoms with Gasteiger partial charge >= 0.3 is 6.03 Å². The molecule has 2 aromatic carbocycles. The summed E-state index contributed by atoms with van der Waals surface area (Å²) >= 11 is 0. The van der Waals surface area contributed by atoms with E-state index in [1.54, 1.807) is 31.3 Å². The van der Waals surface area contributed by atoms with Crippen molar-refractivity contribution in [3.8, 4) is 11.5 Å². The van der Waals surface area contributed by atoms with Crippen molar-refractivity contribution in [1.29, 1.82) is 0 Å². The van der Waals surface area contributed by atoms with Crippen molar-refractivity contribution >= 4 is 11.9 Å². The van der Waals surface area contributed by atoms with Crippen molar-refractivity contribution in [1.82, 2.24) is 15.5 Å². The van der Waals surface area contributed by atoms with Gasteiger partial charge in [0.15, 0.2) is 11.5 Å². The molecule has 0 bridgehead atoms. The van der Waals surface area contributed by atoms with Crippen molar-refractivity contribution in [2.75, 3.05) is 33.9 Å². The molecule has 0 fully saturated rings. The number of fused-ring (bicyclic) bond motifs is 1. The summed E-state index contributed by atoms with van der Waals surface area (Å²) in [6, 6.07) is 12.5. The van der Waals surface area contributed by atoms with Gasteiger partial charge in [0.25, 0.3) is 5.91 Å². The molecule has 160 valence electrons. The fourth-order valence-corrected chi connectivity index (χ4v) is 3.71. The first-order chi connectivity index (χ1) is 14.6. The summed E-state index contributed by atoms with van der Waals surface area (Å²) in [6.45, 7) is 3.48. The summed E-state index contributed by atoms with van der Waals surface area (Å²) in [5, 5.41) is 5.94. The number of carbonyl (C=O) groups is 2. The lowest BCUT2D eigenvalue weighted by Crippen LogP contribution is -2.49. The van der Waals surface area contributed by atoms with Gasteiger partial charge in [0.1, 0.15) is 0 Å². The number of amides is 3. The third kappa shape index (κ3) is 4.67. The second-order valence-electron chi connectivity index (χ2n) is 7.17. The number of hydrogen-bond acceptors (Lipinski definition) is 4. The average Bonchev–Trinajstić information content (AvgIpc) is 2.80. The molecular formula is C23H29N3O4. The van der Waals surface area contributed by atoms with E-state index in [0.717, 1.165) is 17.5 Å². The van der Waals surface area contributed by atoms with E-state index in [1.807, 2.05) is 37.3 Å². The average molecular weight is 412 g/mol. The third-order valence-electron chi connectivity index (χ3n) is 5.28. The number of ether oxygens (including phenoxy) is 2. The Labute approximate surface area is 177 Å². The highest BCUT2D eigenvalue weighted by atomic mass is 16.5. The molecule has 1 heterocycles. The number of benzene rings is 2. The van der Waals surface area contributed by atoms with Gasteiger partial charge < -0.3 is 25.0 Å². The zero-order chi connectivity index (χ0) is 21.5. The zero-order valence-electron chi connectivity index (χ0n) is 17.7. The van der Waals surface area contributed by atoms with E-state index in [0.29, 0.717) is 43.1 Å². The standard InChI is InChI=1S/C23H29N3O4/c1-4-11-24-23(28)26-12-10-17-13-20(29-2)21(30-3)14-18(17)19(26)15-25-22(27)16-8-6-5-7-9-16/h5-9,13-14,19H,4,10-12,15H2,1-3H3,(H,24,28)(H,25,27)/t19-/m0/s1. The first-order valence-corrected chi connectivity index (χ1v) is 10.2. The Bertz CT molecular complexity index is 886. The highest BCUT2D eigenvalue weighted by Crippen LogP contribution is 2.38. The first-order valence-electron chi connectivity index (χ1n) is 10.2. The minimum atomic E-state index is -0.307. The van der Waals surface area contributed by atoms with Crippen LogP contribution in [0.25, 0.3) is 0 Å². The van der Waals surface area contributed by atoms with Gasteiger partial charge in [-0.15, -0.1) is 0 Å². The monoisotopic (exact) mass is 411 g/mol. The van der Waals surface area contributed by atoms with Crippen LogP contribution in [0, 0.1) is 0 Å². The van der Waals surface area contributed by atoms with E-state index >= 15 is 0 Å². The van der Waals surface area contributed by atoms with E-state index in [4.69, 9.17) is 9.47 Å². The Kier molecular flexibility index (Phi) is 7.17. The van der Waals surface area contributed by atoms with Gasteiger partial charge in [-0.1, -0.05) is 25.1 Å². The molecule has 30 heavy (non-hydrogen) atoms. The number of rotatable bonds is 7. The van der Waals surface area contributed by atoms with E-state index in [2.05, 4.69) is 10.6 Å². The summed E-state index contributed by atoms with van der Waals surface area (Å²) < 4.78 is 10.9. The predicted octanol–water partition coefficient (Wildman–Crippen LogP) is 3.15. The summed E-state index contributed by atoms with van der Waals surface area (Å²) in [7, 11) is 3.19. The maximum Gasteiger partial charge on any atom is 0.317 e. The van der Waals surface area contributed by atoms with Crippen molar-refractivity contribution in [3.05, 3.63) is 59.2 Å². The Morgan fingerprint density at radius 2 is 1.77 bits per heavy atom. The number of methoxy groups -OCH3 is 2. The lowest BCUT2D eigenvalue weighted by Gasteiger charge is -2.38. The van der Waals surface area contributed by atoms with Crippen LogP contribution in [0.5, 0.6) is 11.5 Å². The van der Waals surface area contributed by atoms with Crippen LogP contribution in [0.2, 0.25) is 0 Å². The van der Waals surface area contributed by atoms with Crippen LogP contribution in [-0.4, -0.2) is 50.7 Å². The molecule has 3 amide bonds. The molecule has 0 aliphatic carbocycles. The van der Waals surface area contributed by atoms with E-state index < -0.39 is 0 Å². The molecule has 1 aliphatic heterocycles. The molecular weight excluding hydrogens is 382 g/mol. The zero-order valence-corrected chi connectivity index (χ0v) is 17.7. The quantitative estimate of drug-likeness (QED) is 0.734. The number of nitrogens with zero attached hydrogens (tertiary/aromatic N) is 1. The molecule has 0 saturated heterocycles. The predicted molar refractivity (Wildman–Crippen MR) is 115 cm³/mol. The fourth-order valence-electron chi connectivity index (χ4n) is 3.71. The molecule has 2 aromatic rings. The minimum absolute atomic E-state index is 0.128. The second kappa shape index (κ2) is 10.0. The van der Waals surface area contributed by atoms with Crippen LogP contribution < -0.4 is 20.1 Å². The Hall–Kier alpha value is -3.22. The van der Waals surface area contributed by atoms with Crippen molar-refractivity contribution in [2.24, 2.45) is 0 Å². The number of nitrogens with one attached hydrogen (secondary N) is 2. The van der Waals surface area contributed by atoms with E-state index in [1.165, 1.54) is 0 Å². The largest absolute Gasteiger partial charge is 0.493 e. The second-order valence-corrected chi connectivity index (χ2v) is 7.17. The van der Waals surface area contributed by atoms with Crippen LogP contribution in [0.15, 0.2) is 42.5 Å². The summed E-state index contributed by atoms with van der Waals surface area (Å²) in [5.41, 5.74) is 2.63. The molecule has 7 heteroatoms. The van der Waals surface area contributed by atoms with E-state index in [9.17, 15) is 9.59 Å². The van der Waals surface area contributed by atoms with Crippen molar-refractivity contribution in [3.63, 3.8) is 0 Å². The van der Waals surface area contributed by atoms with Gasteiger partial charge in [-0.05, 0) is 48.2 Å². The van der Waals surface area contributed by atoms with Gasteiger partial charge in [0.2, 0.25) is 0 Å². The maximum absolute atomic E-state index is 12.8. The summed E-state index contributed by atoms with van der Waals surface area (Å²) in [5.74, 6) is 1.09. The van der Waals surface area contributed by atoms with Gasteiger partial charge in [-0.2, -0.15) is 0 Å². The van der Waals surface area contributed by atoms with Crippen LogP contribution in [-0.2, 0) is 6.42 Å². The molecule has 0 radical (unpaired) electrons. The molecule has 0 saturated carbocycles. The highest BCUT2D eigenvalue weighted by Gasteiger charge is 2.32. The van der Waals surface area contributed by atoms with Gasteiger partial charge in [-0.25, -0.2) is 4.79 Å². The molecule has 2 N–H and O–H groups in total. The van der Waals surface area contributed by atoms with Crippen molar-refractivity contribution in [2.45, 2.75) is 25.8 Å². The summed E-state index contributed by atoms with van der Waals surface area (Å²) in [6.07, 6.45) is 1.56. The van der Waals surface area contributed by atoms with Crippen LogP contribution in [0.4, 0.5) is 4.79 Å². The van der Waals surface area contributed by atoms with Crippen LogP contribution in [0.1, 0.15) is 40.9 Å². The summed E-state index contributed by atoms with van der Waals surface area (Å²) in [4.78, 5) is 27.2. The minimum Gasteiger partial charge on any atom is -0.493 e. The number of urea groups is 1. The topological polar surface area (TPSA) is 79.9 Å². The van der Waals surface area contributed by atoms with Crippen LogP contribution >= 0.6 is 0 Å². The number of carbonyl (C=O) groups excluding carboxylic acids is 2. The molecule has 3 rings (SSSR count). The van der Waals surface area contributed by atoms with Crippen LogP contribution in [0.3, 0.4) is 0 Å². The van der Waals surface area contributed by atoms with Gasteiger partial charge in [-0.3, -0.25) is 4.79 Å². The lowest BCUT2D eigenvalue weighted by molar-refractivity contribution is 0.0934. The molecule has 0 aromatic heterocycles. The maximum atomic E-state index is 12.8. The van der Waals surface area contributed by atoms with Crippen molar-refractivity contribution < 1.29 is 19.1 Å². The normalized spacial score (nSPS) is 15.2. The number of hydrogen-bond donors (Lipinski definition) is 2. The molecule has 7 nitrogen and oxygen atoms in total. The first kappa shape index (κ1) is 21.5. The molecule has 0 unspecified atom stereocenters. The smallest absolute Gasteiger partial charge is 0.317 e. The van der Waals surface area contributed by atoms with E-state index in [-0.39, 0.29) is 18.0 Å². The molecule has 1 aliphatic rings. The molecule has 0 spiro atoms. The van der Waals surface area contributed by atoms with Gasteiger partial charge in [0, 0.05) is 25.2 Å².